The van der Waals surface area contributed by atoms with Gasteiger partial charge in [-0.1, -0.05) is 17.3 Å². The summed E-state index contributed by atoms with van der Waals surface area (Å²) in [5, 5.41) is 15.3. The van der Waals surface area contributed by atoms with Gasteiger partial charge in [0.15, 0.2) is 17.6 Å². The van der Waals surface area contributed by atoms with Crippen LogP contribution < -0.4 is 16.0 Å². The first-order chi connectivity index (χ1) is 14.9. The van der Waals surface area contributed by atoms with Crippen molar-refractivity contribution in [3.8, 4) is 11.4 Å². The van der Waals surface area contributed by atoms with E-state index in [9.17, 15) is 18.4 Å². The fraction of sp³-hybridized carbons (Fsp3) is 0.211. The van der Waals surface area contributed by atoms with Crippen molar-refractivity contribution in [1.29, 1.82) is 0 Å². The number of pyridine rings is 1. The van der Waals surface area contributed by atoms with Crippen LogP contribution >= 0.6 is 0 Å². The van der Waals surface area contributed by atoms with E-state index in [2.05, 4.69) is 31.2 Å². The van der Waals surface area contributed by atoms with Gasteiger partial charge < -0.3 is 15.4 Å². The molecule has 2 heterocycles. The van der Waals surface area contributed by atoms with Gasteiger partial charge in [-0.05, 0) is 29.8 Å². The summed E-state index contributed by atoms with van der Waals surface area (Å²) >= 11 is 0. The molecule has 0 spiro atoms. The number of nitrogens with zero attached hydrogens (tertiary/aromatic N) is 4. The fourth-order valence-electron chi connectivity index (χ4n) is 2.62. The van der Waals surface area contributed by atoms with E-state index >= 15 is 0 Å². The van der Waals surface area contributed by atoms with Gasteiger partial charge in [-0.2, -0.15) is 0 Å². The summed E-state index contributed by atoms with van der Waals surface area (Å²) in [6.07, 6.45) is -0.852. The summed E-state index contributed by atoms with van der Waals surface area (Å²) in [5.74, 6) is -0.417. The van der Waals surface area contributed by atoms with Crippen molar-refractivity contribution in [3.63, 3.8) is 0 Å². The number of rotatable bonds is 6. The second-order valence-electron chi connectivity index (χ2n) is 6.27. The van der Waals surface area contributed by atoms with Crippen LogP contribution in [0.2, 0.25) is 0 Å². The van der Waals surface area contributed by atoms with Crippen LogP contribution in [0, 0.1) is 5.82 Å². The largest absolute Gasteiger partial charge is 0.438 e. The maximum absolute atomic E-state index is 13.4. The molecular formula is C19H19F2N7O3. The van der Waals surface area contributed by atoms with Gasteiger partial charge in [0.05, 0.1) is 17.6 Å². The third kappa shape index (κ3) is 5.29. The molecule has 2 aromatic heterocycles. The van der Waals surface area contributed by atoms with E-state index in [-0.39, 0.29) is 17.1 Å². The summed E-state index contributed by atoms with van der Waals surface area (Å²) < 4.78 is 33.2. The second kappa shape index (κ2) is 9.61. The first-order valence-corrected chi connectivity index (χ1v) is 9.05. The molecule has 3 aromatic rings. The zero-order valence-electron chi connectivity index (χ0n) is 16.6. The second-order valence-corrected chi connectivity index (χ2v) is 6.27. The number of carbonyl (C=O) groups excluding carboxylic acids is 2. The predicted octanol–water partition coefficient (Wildman–Crippen LogP) is 3.03. The van der Waals surface area contributed by atoms with Crippen molar-refractivity contribution < 1.29 is 23.1 Å². The molecule has 0 aliphatic rings. The topological polar surface area (TPSA) is 123 Å². The van der Waals surface area contributed by atoms with Gasteiger partial charge in [0.2, 0.25) is 0 Å². The molecule has 0 saturated carbocycles. The summed E-state index contributed by atoms with van der Waals surface area (Å²) in [5.41, 5.74) is 1.22. The van der Waals surface area contributed by atoms with Crippen molar-refractivity contribution in [2.24, 2.45) is 7.05 Å². The monoisotopic (exact) mass is 431 g/mol. The third-order valence-electron chi connectivity index (χ3n) is 4.15. The molecule has 0 unspecified atom stereocenters. The summed E-state index contributed by atoms with van der Waals surface area (Å²) in [6.45, 7) is -1.03. The van der Waals surface area contributed by atoms with Crippen molar-refractivity contribution >= 4 is 23.6 Å². The zero-order valence-corrected chi connectivity index (χ0v) is 16.6. The van der Waals surface area contributed by atoms with Gasteiger partial charge in [0, 0.05) is 14.1 Å². The third-order valence-corrected chi connectivity index (χ3v) is 4.15. The van der Waals surface area contributed by atoms with Crippen LogP contribution in [0.5, 0.6) is 0 Å². The maximum atomic E-state index is 13.4. The molecule has 0 aliphatic carbocycles. The van der Waals surface area contributed by atoms with Crippen LogP contribution in [0.3, 0.4) is 0 Å². The molecule has 1 aromatic carbocycles. The lowest BCUT2D eigenvalue weighted by atomic mass is 10.1. The number of aromatic nitrogens is 4. The number of aryl methyl sites for hydroxylation is 1. The number of nitrogens with one attached hydrogen (secondary N) is 3. The molecule has 31 heavy (non-hydrogen) atoms. The average Bonchev–Trinajstić information content (AvgIpc) is 3.12. The molecule has 1 atom stereocenters. The number of hydrogen-bond acceptors (Lipinski definition) is 6. The van der Waals surface area contributed by atoms with Gasteiger partial charge in [-0.3, -0.25) is 10.3 Å². The molecule has 3 N–H and O–H groups in total. The number of amides is 3. The Morgan fingerprint density at radius 3 is 2.68 bits per heavy atom. The normalized spacial score (nSPS) is 11.5. The Labute approximate surface area is 175 Å². The minimum Gasteiger partial charge on any atom is -0.438 e. The predicted molar refractivity (Wildman–Crippen MR) is 108 cm³/mol. The quantitative estimate of drug-likeness (QED) is 0.551. The van der Waals surface area contributed by atoms with E-state index in [0.717, 1.165) is 6.07 Å². The minimum atomic E-state index is -1.28. The van der Waals surface area contributed by atoms with Crippen LogP contribution in [0.15, 0.2) is 42.6 Å². The number of urea groups is 1. The Kier molecular flexibility index (Phi) is 6.70. The Bertz CT molecular complexity index is 1070. The number of anilines is 2. The molecule has 3 rings (SSSR count). The highest BCUT2D eigenvalue weighted by Crippen LogP contribution is 2.25. The van der Waals surface area contributed by atoms with Gasteiger partial charge in [0.1, 0.15) is 12.5 Å². The number of alkyl halides is 1. The van der Waals surface area contributed by atoms with Gasteiger partial charge in [-0.25, -0.2) is 23.1 Å². The smallest absolute Gasteiger partial charge is 0.413 e. The van der Waals surface area contributed by atoms with Crippen LogP contribution in [0.1, 0.15) is 11.7 Å². The van der Waals surface area contributed by atoms with Gasteiger partial charge >= 0.3 is 12.1 Å². The van der Waals surface area contributed by atoms with Crippen LogP contribution in [0.4, 0.5) is 29.9 Å². The Balaban J connectivity index is 1.74. The van der Waals surface area contributed by atoms with E-state index in [1.54, 1.807) is 12.1 Å². The molecule has 162 valence electrons. The van der Waals surface area contributed by atoms with E-state index in [1.807, 2.05) is 0 Å². The highest BCUT2D eigenvalue weighted by molar-refractivity contribution is 5.90. The number of carbonyl (C=O) groups is 2. The van der Waals surface area contributed by atoms with Crippen molar-refractivity contribution in [1.82, 2.24) is 25.3 Å². The molecule has 0 aliphatic heterocycles. The standard InChI is InChI=1S/C19H19F2N7O3/c1-22-18(29)24-13-6-7-14(23-10-13)16-17(28(2)27-26-16)25-19(30)31-15(9-20)11-4-3-5-12(21)8-11/h3-8,10,15H,9H2,1-2H3,(H,25,30)(H2,22,24,29)/t15-/m1/s1. The van der Waals surface area contributed by atoms with Crippen molar-refractivity contribution in [3.05, 3.63) is 54.0 Å². The lowest BCUT2D eigenvalue weighted by molar-refractivity contribution is 0.0926. The fourth-order valence-corrected chi connectivity index (χ4v) is 2.62. The van der Waals surface area contributed by atoms with E-state index in [0.29, 0.717) is 11.4 Å². The van der Waals surface area contributed by atoms with Crippen molar-refractivity contribution in [2.75, 3.05) is 24.4 Å². The Hall–Kier alpha value is -4.09. The Morgan fingerprint density at radius 2 is 2.03 bits per heavy atom. The molecule has 0 fully saturated rings. The Morgan fingerprint density at radius 1 is 1.23 bits per heavy atom. The molecule has 10 nitrogen and oxygen atoms in total. The first kappa shape index (κ1) is 21.6. The number of ether oxygens (including phenoxy) is 1. The molecule has 0 bridgehead atoms. The zero-order chi connectivity index (χ0) is 22.4. The number of halogens is 2. The molecule has 12 heteroatoms. The summed E-state index contributed by atoms with van der Waals surface area (Å²) in [6, 6.07) is 7.91. The van der Waals surface area contributed by atoms with Gasteiger partial charge in [0.25, 0.3) is 0 Å². The van der Waals surface area contributed by atoms with Crippen LogP contribution in [0.25, 0.3) is 11.4 Å². The summed E-state index contributed by atoms with van der Waals surface area (Å²) in [4.78, 5) is 27.9. The maximum Gasteiger partial charge on any atom is 0.413 e. The summed E-state index contributed by atoms with van der Waals surface area (Å²) in [7, 11) is 3.02. The minimum absolute atomic E-state index is 0.154. The van der Waals surface area contributed by atoms with Crippen LogP contribution in [-0.2, 0) is 11.8 Å². The molecular weight excluding hydrogens is 412 g/mol. The number of hydrogen-bond donors (Lipinski definition) is 3. The average molecular weight is 431 g/mol. The highest BCUT2D eigenvalue weighted by atomic mass is 19.1. The van der Waals surface area contributed by atoms with E-state index in [1.165, 1.54) is 43.2 Å². The van der Waals surface area contributed by atoms with E-state index in [4.69, 9.17) is 4.74 Å². The van der Waals surface area contributed by atoms with E-state index < -0.39 is 30.7 Å². The molecule has 0 radical (unpaired) electrons. The lowest BCUT2D eigenvalue weighted by Gasteiger charge is -2.16. The molecule has 0 saturated heterocycles. The van der Waals surface area contributed by atoms with Gasteiger partial charge in [-0.15, -0.1) is 5.10 Å². The lowest BCUT2D eigenvalue weighted by Crippen LogP contribution is -2.24. The van der Waals surface area contributed by atoms with Crippen molar-refractivity contribution in [2.45, 2.75) is 6.10 Å². The van der Waals surface area contributed by atoms with Crippen LogP contribution in [-0.4, -0.2) is 45.8 Å². The highest BCUT2D eigenvalue weighted by Gasteiger charge is 2.21. The SMILES string of the molecule is CNC(=O)Nc1ccc(-c2nnn(C)c2NC(=O)O[C@H](CF)c2cccc(F)c2)nc1. The number of benzene rings is 1. The first-order valence-electron chi connectivity index (χ1n) is 9.05. The molecule has 3 amide bonds.